The number of aromatic nitrogens is 4. The minimum Gasteiger partial charge on any atom is -0.327 e. The third-order valence-electron chi connectivity index (χ3n) is 2.55. The van der Waals surface area contributed by atoms with Gasteiger partial charge in [0, 0.05) is 25.9 Å². The van der Waals surface area contributed by atoms with E-state index in [9.17, 15) is 8.42 Å². The molecular formula is C10H15N5O2S. The molecule has 2 aromatic rings. The zero-order valence-corrected chi connectivity index (χ0v) is 11.1. The van der Waals surface area contributed by atoms with Crippen LogP contribution >= 0.6 is 0 Å². The lowest BCUT2D eigenvalue weighted by Gasteiger charge is -2.02. The van der Waals surface area contributed by atoms with Gasteiger partial charge in [0.25, 0.3) is 10.0 Å². The molecule has 0 fully saturated rings. The molecule has 0 unspecified atom stereocenters. The quantitative estimate of drug-likeness (QED) is 0.836. The molecule has 0 aliphatic carbocycles. The normalized spacial score (nSPS) is 11.9. The fraction of sp³-hybridized carbons (Fsp3) is 0.400. The lowest BCUT2D eigenvalue weighted by Crippen LogP contribution is -2.12. The highest BCUT2D eigenvalue weighted by Gasteiger charge is 2.15. The zero-order valence-electron chi connectivity index (χ0n) is 10.2. The minimum absolute atomic E-state index is 0.102. The monoisotopic (exact) mass is 269 g/mol. The molecule has 8 heteroatoms. The molecule has 0 saturated carbocycles. The molecule has 2 aromatic heterocycles. The zero-order chi connectivity index (χ0) is 13.3. The van der Waals surface area contributed by atoms with Crippen LogP contribution in [-0.2, 0) is 30.0 Å². The van der Waals surface area contributed by atoms with Gasteiger partial charge in [-0.25, -0.2) is 18.5 Å². The molecule has 2 rings (SSSR count). The topological polar surface area (TPSA) is 95.8 Å². The molecule has 0 aliphatic heterocycles. The molecule has 2 heterocycles. The second-order valence-corrected chi connectivity index (χ2v) is 5.51. The van der Waals surface area contributed by atoms with Crippen molar-refractivity contribution < 1.29 is 8.42 Å². The number of hydrogen-bond acceptors (Lipinski definition) is 4. The Balaban J connectivity index is 2.35. The van der Waals surface area contributed by atoms with Crippen LogP contribution in [0.1, 0.15) is 18.4 Å². The smallest absolute Gasteiger partial charge is 0.257 e. The van der Waals surface area contributed by atoms with E-state index in [1.54, 1.807) is 9.25 Å². The first kappa shape index (κ1) is 12.8. The minimum atomic E-state index is -3.76. The van der Waals surface area contributed by atoms with Gasteiger partial charge in [-0.1, -0.05) is 6.92 Å². The van der Waals surface area contributed by atoms with Crippen molar-refractivity contribution in [2.75, 3.05) is 0 Å². The average molecular weight is 269 g/mol. The van der Waals surface area contributed by atoms with Crippen molar-refractivity contribution in [2.45, 2.75) is 24.9 Å². The summed E-state index contributed by atoms with van der Waals surface area (Å²) in [6, 6.07) is 1.87. The van der Waals surface area contributed by atoms with E-state index in [4.69, 9.17) is 5.14 Å². The van der Waals surface area contributed by atoms with Crippen LogP contribution in [0.4, 0.5) is 0 Å². The Morgan fingerprint density at radius 1 is 1.44 bits per heavy atom. The van der Waals surface area contributed by atoms with Gasteiger partial charge in [0.05, 0.1) is 12.2 Å². The molecule has 0 atom stereocenters. The van der Waals surface area contributed by atoms with Crippen LogP contribution in [0, 0.1) is 0 Å². The van der Waals surface area contributed by atoms with Gasteiger partial charge >= 0.3 is 0 Å². The summed E-state index contributed by atoms with van der Waals surface area (Å²) in [5, 5.41) is 9.21. The van der Waals surface area contributed by atoms with Crippen LogP contribution in [0.3, 0.4) is 0 Å². The number of nitrogens with two attached hydrogens (primary N) is 1. The first-order valence-corrected chi connectivity index (χ1v) is 7.02. The van der Waals surface area contributed by atoms with Crippen LogP contribution < -0.4 is 5.14 Å². The lowest BCUT2D eigenvalue weighted by molar-refractivity contribution is 0.594. The van der Waals surface area contributed by atoms with Gasteiger partial charge in [-0.15, -0.1) is 0 Å². The van der Waals surface area contributed by atoms with Crippen molar-refractivity contribution >= 4 is 10.0 Å². The summed E-state index contributed by atoms with van der Waals surface area (Å²) < 4.78 is 26.0. The van der Waals surface area contributed by atoms with E-state index >= 15 is 0 Å². The SMILES string of the molecule is CCc1nc(S(N)(=O)=O)cn1Cc1ccn(C)n1. The predicted octanol–water partition coefficient (Wildman–Crippen LogP) is -0.125. The summed E-state index contributed by atoms with van der Waals surface area (Å²) >= 11 is 0. The molecule has 0 radical (unpaired) electrons. The number of hydrogen-bond donors (Lipinski definition) is 1. The van der Waals surface area contributed by atoms with Gasteiger partial charge in [0.15, 0.2) is 5.03 Å². The fourth-order valence-electron chi connectivity index (χ4n) is 1.71. The highest BCUT2D eigenvalue weighted by atomic mass is 32.2. The largest absolute Gasteiger partial charge is 0.327 e. The van der Waals surface area contributed by atoms with Crippen molar-refractivity contribution in [3.05, 3.63) is 30.0 Å². The van der Waals surface area contributed by atoms with Crippen LogP contribution in [0.15, 0.2) is 23.5 Å². The van der Waals surface area contributed by atoms with Crippen molar-refractivity contribution in [1.82, 2.24) is 19.3 Å². The lowest BCUT2D eigenvalue weighted by atomic mass is 10.4. The van der Waals surface area contributed by atoms with E-state index in [2.05, 4.69) is 10.1 Å². The van der Waals surface area contributed by atoms with Crippen molar-refractivity contribution in [2.24, 2.45) is 12.2 Å². The van der Waals surface area contributed by atoms with Crippen LogP contribution in [0.5, 0.6) is 0 Å². The van der Waals surface area contributed by atoms with Crippen LogP contribution in [0.25, 0.3) is 0 Å². The average Bonchev–Trinajstić information content (AvgIpc) is 2.85. The molecule has 0 saturated heterocycles. The van der Waals surface area contributed by atoms with E-state index in [-0.39, 0.29) is 5.03 Å². The summed E-state index contributed by atoms with van der Waals surface area (Å²) in [6.45, 7) is 2.39. The first-order chi connectivity index (χ1) is 8.40. The van der Waals surface area contributed by atoms with E-state index in [1.165, 1.54) is 6.20 Å². The van der Waals surface area contributed by atoms with E-state index in [1.807, 2.05) is 26.2 Å². The Morgan fingerprint density at radius 3 is 2.67 bits per heavy atom. The Labute approximate surface area is 105 Å². The summed E-state index contributed by atoms with van der Waals surface area (Å²) in [6.07, 6.45) is 3.91. The number of primary sulfonamides is 1. The van der Waals surface area contributed by atoms with E-state index < -0.39 is 10.0 Å². The van der Waals surface area contributed by atoms with Crippen LogP contribution in [0.2, 0.25) is 0 Å². The molecule has 98 valence electrons. The van der Waals surface area contributed by atoms with Gasteiger partial charge in [-0.3, -0.25) is 4.68 Å². The fourth-order valence-corrected chi connectivity index (χ4v) is 2.21. The number of sulfonamides is 1. The maximum absolute atomic E-state index is 11.3. The third kappa shape index (κ3) is 2.59. The predicted molar refractivity (Wildman–Crippen MR) is 65.3 cm³/mol. The summed E-state index contributed by atoms with van der Waals surface area (Å²) in [5.41, 5.74) is 0.838. The Hall–Kier alpha value is -1.67. The molecule has 2 N–H and O–H groups in total. The Morgan fingerprint density at radius 2 is 2.17 bits per heavy atom. The molecule has 18 heavy (non-hydrogen) atoms. The maximum atomic E-state index is 11.3. The van der Waals surface area contributed by atoms with Gasteiger partial charge in [-0.2, -0.15) is 5.10 Å². The van der Waals surface area contributed by atoms with Gasteiger partial charge in [0.2, 0.25) is 0 Å². The summed E-state index contributed by atoms with van der Waals surface area (Å²) in [4.78, 5) is 4.02. The third-order valence-corrected chi connectivity index (χ3v) is 3.33. The first-order valence-electron chi connectivity index (χ1n) is 5.47. The summed E-state index contributed by atoms with van der Waals surface area (Å²) in [7, 11) is -1.93. The highest BCUT2D eigenvalue weighted by molar-refractivity contribution is 7.89. The van der Waals surface area contributed by atoms with Crippen molar-refractivity contribution in [3.8, 4) is 0 Å². The number of rotatable bonds is 4. The molecule has 7 nitrogen and oxygen atoms in total. The number of nitrogens with zero attached hydrogens (tertiary/aromatic N) is 4. The molecule has 0 aromatic carbocycles. The van der Waals surface area contributed by atoms with E-state index in [0.717, 1.165) is 5.69 Å². The van der Waals surface area contributed by atoms with E-state index in [0.29, 0.717) is 18.8 Å². The van der Waals surface area contributed by atoms with Gasteiger partial charge in [0.1, 0.15) is 5.82 Å². The number of aryl methyl sites for hydroxylation is 2. The van der Waals surface area contributed by atoms with Gasteiger partial charge in [-0.05, 0) is 6.07 Å². The number of imidazole rings is 1. The molecule has 0 bridgehead atoms. The molecular weight excluding hydrogens is 254 g/mol. The Kier molecular flexibility index (Phi) is 3.22. The standard InChI is InChI=1S/C10H15N5O2S/c1-3-9-12-10(18(11,16)17)7-15(9)6-8-4-5-14(2)13-8/h4-5,7H,3,6H2,1-2H3,(H2,11,16,17). The van der Waals surface area contributed by atoms with Crippen LogP contribution in [-0.4, -0.2) is 27.7 Å². The Bertz CT molecular complexity index is 656. The van der Waals surface area contributed by atoms with Crippen molar-refractivity contribution in [1.29, 1.82) is 0 Å². The molecule has 0 aliphatic rings. The summed E-state index contributed by atoms with van der Waals surface area (Å²) in [5.74, 6) is 0.671. The maximum Gasteiger partial charge on any atom is 0.257 e. The molecule has 0 amide bonds. The second-order valence-electron chi connectivity index (χ2n) is 4.00. The van der Waals surface area contributed by atoms with Crippen molar-refractivity contribution in [3.63, 3.8) is 0 Å². The molecule has 0 spiro atoms. The highest BCUT2D eigenvalue weighted by Crippen LogP contribution is 2.10. The van der Waals surface area contributed by atoms with Gasteiger partial charge < -0.3 is 4.57 Å². The second kappa shape index (κ2) is 4.54.